The van der Waals surface area contributed by atoms with Crippen LogP contribution in [0.15, 0.2) is 36.4 Å². The van der Waals surface area contributed by atoms with Crippen molar-refractivity contribution in [2.24, 2.45) is 11.3 Å². The number of alkyl halides is 3. The molecule has 2 aliphatic rings. The lowest BCUT2D eigenvalue weighted by atomic mass is 9.71. The Kier molecular flexibility index (Phi) is 9.16. The second-order valence-corrected chi connectivity index (χ2v) is 12.5. The Morgan fingerprint density at radius 1 is 1.07 bits per heavy atom. The summed E-state index contributed by atoms with van der Waals surface area (Å²) in [6, 6.07) is 8.22. The van der Waals surface area contributed by atoms with Crippen LogP contribution in [-0.2, 0) is 10.4 Å². The van der Waals surface area contributed by atoms with E-state index >= 15 is 0 Å². The maximum atomic E-state index is 14.1. The van der Waals surface area contributed by atoms with Gasteiger partial charge in [-0.15, -0.1) is 0 Å². The first kappa shape index (κ1) is 31.4. The fourth-order valence-electron chi connectivity index (χ4n) is 5.87. The van der Waals surface area contributed by atoms with Gasteiger partial charge in [-0.25, -0.2) is 4.98 Å². The third-order valence-corrected chi connectivity index (χ3v) is 8.93. The topological polar surface area (TPSA) is 77.0 Å². The fourth-order valence-corrected chi connectivity index (χ4v) is 6.29. The Bertz CT molecular complexity index is 1280. The number of carbonyl (C=O) groups is 2. The average Bonchev–Trinajstić information content (AvgIpc) is 2.92. The first-order valence-electron chi connectivity index (χ1n) is 13.6. The third-order valence-electron chi connectivity index (χ3n) is 8.41. The molecule has 41 heavy (non-hydrogen) atoms. The van der Waals surface area contributed by atoms with Gasteiger partial charge in [0.05, 0.1) is 5.56 Å². The van der Waals surface area contributed by atoms with E-state index < -0.39 is 23.2 Å². The van der Waals surface area contributed by atoms with Gasteiger partial charge in [0.15, 0.2) is 0 Å². The monoisotopic (exact) mass is 614 g/mol. The normalized spacial score (nSPS) is 19.5. The molecule has 4 rings (SSSR count). The standard InChI is InChI=1S/C29H35Cl2F3N4O3/c1-27(18-19-9-13-37(14-10-19)23-8-7-22(24(31)35-23)25(39)36(2)3)11-15-38(16-12-27)26(40)28(41,29(32,33)34)20-5-4-6-21(30)17-20/h4-8,17,19,41H,9-16,18H2,1-3H3/t28-/m1/s1. The Hall–Kier alpha value is -2.56. The summed E-state index contributed by atoms with van der Waals surface area (Å²) in [7, 11) is 3.31. The molecule has 0 unspecified atom stereocenters. The number of nitrogens with zero attached hydrogens (tertiary/aromatic N) is 4. The first-order valence-corrected chi connectivity index (χ1v) is 14.4. The van der Waals surface area contributed by atoms with Crippen LogP contribution in [-0.4, -0.2) is 78.2 Å². The first-order chi connectivity index (χ1) is 19.1. The van der Waals surface area contributed by atoms with Crippen molar-refractivity contribution in [1.29, 1.82) is 0 Å². The van der Waals surface area contributed by atoms with E-state index in [2.05, 4.69) is 16.8 Å². The molecule has 2 amide bonds. The number of aromatic nitrogens is 1. The minimum atomic E-state index is -5.20. The average molecular weight is 616 g/mol. The highest BCUT2D eigenvalue weighted by Gasteiger charge is 2.62. The van der Waals surface area contributed by atoms with Gasteiger partial charge in [-0.3, -0.25) is 9.59 Å². The Morgan fingerprint density at radius 3 is 2.24 bits per heavy atom. The predicted molar refractivity (Wildman–Crippen MR) is 152 cm³/mol. The van der Waals surface area contributed by atoms with Gasteiger partial charge in [-0.2, -0.15) is 13.2 Å². The zero-order chi connectivity index (χ0) is 30.2. The van der Waals surface area contributed by atoms with Gasteiger partial charge in [-0.1, -0.05) is 42.3 Å². The van der Waals surface area contributed by atoms with E-state index in [1.807, 2.05) is 6.07 Å². The zero-order valence-corrected chi connectivity index (χ0v) is 24.9. The van der Waals surface area contributed by atoms with Crippen LogP contribution in [0, 0.1) is 11.3 Å². The van der Waals surface area contributed by atoms with Crippen molar-refractivity contribution < 1.29 is 27.9 Å². The number of hydrogen-bond acceptors (Lipinski definition) is 5. The molecule has 2 fully saturated rings. The second kappa shape index (κ2) is 12.0. The van der Waals surface area contributed by atoms with Gasteiger partial charge in [0.1, 0.15) is 11.0 Å². The van der Waals surface area contributed by atoms with E-state index in [9.17, 15) is 27.9 Å². The highest BCUT2D eigenvalue weighted by molar-refractivity contribution is 6.32. The number of pyridine rings is 1. The van der Waals surface area contributed by atoms with Gasteiger partial charge in [-0.05, 0) is 67.7 Å². The van der Waals surface area contributed by atoms with Crippen molar-refractivity contribution in [2.45, 2.75) is 50.8 Å². The maximum Gasteiger partial charge on any atom is 0.430 e. The van der Waals surface area contributed by atoms with E-state index in [-0.39, 0.29) is 34.6 Å². The summed E-state index contributed by atoms with van der Waals surface area (Å²) in [6.45, 7) is 3.93. The summed E-state index contributed by atoms with van der Waals surface area (Å²) in [5, 5.41) is 10.9. The van der Waals surface area contributed by atoms with Gasteiger partial charge in [0, 0.05) is 50.9 Å². The lowest BCUT2D eigenvalue weighted by Gasteiger charge is -2.44. The molecule has 1 N–H and O–H groups in total. The Balaban J connectivity index is 1.34. The molecule has 1 aromatic carbocycles. The van der Waals surface area contributed by atoms with E-state index in [4.69, 9.17) is 23.2 Å². The molecule has 0 spiro atoms. The number of amides is 2. The van der Waals surface area contributed by atoms with Crippen molar-refractivity contribution in [3.63, 3.8) is 0 Å². The molecule has 7 nitrogen and oxygen atoms in total. The molecule has 1 atom stereocenters. The van der Waals surface area contributed by atoms with Gasteiger partial charge >= 0.3 is 6.18 Å². The van der Waals surface area contributed by atoms with E-state index in [0.29, 0.717) is 24.3 Å². The summed E-state index contributed by atoms with van der Waals surface area (Å²) >= 11 is 12.2. The minimum Gasteiger partial charge on any atom is -0.368 e. The minimum absolute atomic E-state index is 0.00515. The number of benzene rings is 1. The molecular formula is C29H35Cl2F3N4O3. The van der Waals surface area contributed by atoms with Crippen LogP contribution in [0.5, 0.6) is 0 Å². The molecule has 224 valence electrons. The highest BCUT2D eigenvalue weighted by atomic mass is 35.5. The molecule has 0 aliphatic carbocycles. The molecule has 2 aromatic rings. The van der Waals surface area contributed by atoms with Gasteiger partial charge in [0.2, 0.25) is 0 Å². The van der Waals surface area contributed by atoms with Crippen LogP contribution in [0.1, 0.15) is 54.9 Å². The zero-order valence-electron chi connectivity index (χ0n) is 23.3. The van der Waals surface area contributed by atoms with Crippen molar-refractivity contribution in [1.82, 2.24) is 14.8 Å². The molecule has 0 saturated carbocycles. The molecule has 2 aliphatic heterocycles. The number of carbonyl (C=O) groups excluding carboxylic acids is 2. The second-order valence-electron chi connectivity index (χ2n) is 11.7. The fraction of sp³-hybridized carbons (Fsp3) is 0.552. The highest BCUT2D eigenvalue weighted by Crippen LogP contribution is 2.44. The number of anilines is 1. The molecular weight excluding hydrogens is 580 g/mol. The summed E-state index contributed by atoms with van der Waals surface area (Å²) in [5.41, 5.74) is -4.02. The number of piperidine rings is 2. The van der Waals surface area contributed by atoms with Crippen molar-refractivity contribution in [2.75, 3.05) is 45.2 Å². The number of hydrogen-bond donors (Lipinski definition) is 1. The van der Waals surface area contributed by atoms with Crippen LogP contribution < -0.4 is 4.90 Å². The Labute approximate surface area is 248 Å². The predicted octanol–water partition coefficient (Wildman–Crippen LogP) is 5.78. The van der Waals surface area contributed by atoms with E-state index in [0.717, 1.165) is 55.2 Å². The quantitative estimate of drug-likeness (QED) is 0.418. The number of rotatable bonds is 6. The molecule has 0 radical (unpaired) electrons. The van der Waals surface area contributed by atoms with Crippen LogP contribution in [0.4, 0.5) is 19.0 Å². The smallest absolute Gasteiger partial charge is 0.368 e. The molecule has 12 heteroatoms. The Morgan fingerprint density at radius 2 is 1.71 bits per heavy atom. The van der Waals surface area contributed by atoms with E-state index in [1.165, 1.54) is 17.0 Å². The molecule has 3 heterocycles. The maximum absolute atomic E-state index is 14.1. The van der Waals surface area contributed by atoms with Crippen LogP contribution in [0.25, 0.3) is 0 Å². The molecule has 1 aromatic heterocycles. The van der Waals surface area contributed by atoms with Crippen LogP contribution in [0.2, 0.25) is 10.2 Å². The van der Waals surface area contributed by atoms with Crippen LogP contribution >= 0.6 is 23.2 Å². The lowest BCUT2D eigenvalue weighted by Crippen LogP contribution is -2.57. The van der Waals surface area contributed by atoms with Crippen molar-refractivity contribution in [3.8, 4) is 0 Å². The summed E-state index contributed by atoms with van der Waals surface area (Å²) in [4.78, 5) is 34.5. The molecule has 2 saturated heterocycles. The molecule has 0 bridgehead atoms. The summed E-state index contributed by atoms with van der Waals surface area (Å²) < 4.78 is 42.2. The number of halogens is 5. The van der Waals surface area contributed by atoms with Gasteiger partial charge in [0.25, 0.3) is 17.4 Å². The summed E-state index contributed by atoms with van der Waals surface area (Å²) in [5.74, 6) is -0.436. The van der Waals surface area contributed by atoms with E-state index in [1.54, 1.807) is 20.2 Å². The largest absolute Gasteiger partial charge is 0.430 e. The van der Waals surface area contributed by atoms with Gasteiger partial charge < -0.3 is 19.8 Å². The number of aliphatic hydroxyl groups is 1. The lowest BCUT2D eigenvalue weighted by molar-refractivity contribution is -0.262. The van der Waals surface area contributed by atoms with Crippen molar-refractivity contribution in [3.05, 3.63) is 57.7 Å². The summed E-state index contributed by atoms with van der Waals surface area (Å²) in [6.07, 6.45) is -1.39. The van der Waals surface area contributed by atoms with Crippen LogP contribution in [0.3, 0.4) is 0 Å². The number of likely N-dealkylation sites (tertiary alicyclic amines) is 1. The SMILES string of the molecule is CN(C)C(=O)c1ccc(N2CCC(CC3(C)CCN(C(=O)[C@](O)(c4cccc(Cl)c4)C(F)(F)F)CC3)CC2)nc1Cl. The third kappa shape index (κ3) is 6.60. The van der Waals surface area contributed by atoms with Crippen molar-refractivity contribution >= 4 is 40.8 Å².